The summed E-state index contributed by atoms with van der Waals surface area (Å²) in [5.41, 5.74) is 1.82. The largest absolute Gasteiger partial charge is 0.573 e. The van der Waals surface area contributed by atoms with Gasteiger partial charge in [-0.25, -0.2) is 30.7 Å². The van der Waals surface area contributed by atoms with Gasteiger partial charge in [0.15, 0.2) is 0 Å². The Morgan fingerprint density at radius 3 is 1.24 bits per heavy atom. The van der Waals surface area contributed by atoms with Crippen LogP contribution in [0.15, 0.2) is 109 Å². The van der Waals surface area contributed by atoms with E-state index in [9.17, 15) is 52.8 Å². The predicted octanol–water partition coefficient (Wildman–Crippen LogP) is 9.11. The van der Waals surface area contributed by atoms with E-state index in [1.807, 2.05) is 60.7 Å². The molecule has 0 aliphatic carbocycles. The summed E-state index contributed by atoms with van der Waals surface area (Å²) in [7, 11) is -6.54. The Morgan fingerprint density at radius 1 is 0.507 bits per heavy atom. The van der Waals surface area contributed by atoms with Crippen molar-refractivity contribution >= 4 is 32.0 Å². The third kappa shape index (κ3) is 19.9. The molecule has 0 aromatic heterocycles. The molecule has 4 heterocycles. The Bertz CT molecular complexity index is 2590. The number of nitrogens with zero attached hydrogens (tertiary/aromatic N) is 3. The topological polar surface area (TPSA) is 180 Å². The third-order valence-electron chi connectivity index (χ3n) is 12.6. The lowest BCUT2D eigenvalue weighted by Crippen LogP contribution is -2.49. The first-order valence-electron chi connectivity index (χ1n) is 24.4. The summed E-state index contributed by atoms with van der Waals surface area (Å²) < 4.78 is 153. The zero-order valence-corrected chi connectivity index (χ0v) is 42.9. The van der Waals surface area contributed by atoms with Gasteiger partial charge in [-0.05, 0) is 124 Å². The Labute approximate surface area is 433 Å². The fourth-order valence-corrected chi connectivity index (χ4v) is 11.6. The maximum absolute atomic E-state index is 13.2. The van der Waals surface area contributed by atoms with Crippen LogP contribution < -0.4 is 24.3 Å². The second-order valence-corrected chi connectivity index (χ2v) is 22.7. The number of rotatable bonds is 13. The second kappa shape index (κ2) is 27.2. The molecule has 24 heteroatoms. The molecule has 16 nitrogen and oxygen atoms in total. The molecule has 412 valence electrons. The van der Waals surface area contributed by atoms with Crippen LogP contribution in [0.25, 0.3) is 0 Å². The van der Waals surface area contributed by atoms with Gasteiger partial charge in [0.2, 0.25) is 10.0 Å². The van der Waals surface area contributed by atoms with Gasteiger partial charge in [-0.3, -0.25) is 0 Å². The number of nitrogens with one attached hydrogen (secondary N) is 1. The number of carbonyl (C=O) groups is 2. The molecule has 75 heavy (non-hydrogen) atoms. The molecule has 4 saturated heterocycles. The van der Waals surface area contributed by atoms with E-state index in [0.29, 0.717) is 89.3 Å². The highest BCUT2D eigenvalue weighted by Gasteiger charge is 2.38. The van der Waals surface area contributed by atoms with Crippen LogP contribution in [0, 0.1) is 0 Å². The zero-order chi connectivity index (χ0) is 54.1. The molecule has 0 radical (unpaired) electrons. The summed E-state index contributed by atoms with van der Waals surface area (Å²) in [6.45, 7) is 4.29. The fourth-order valence-electron chi connectivity index (χ4n) is 8.58. The first-order chi connectivity index (χ1) is 35.6. The summed E-state index contributed by atoms with van der Waals surface area (Å²) in [4.78, 5) is 27.4. The first kappa shape index (κ1) is 58.3. The van der Waals surface area contributed by atoms with Crippen LogP contribution >= 0.6 is 0 Å². The molecule has 4 aliphatic heterocycles. The lowest BCUT2D eigenvalue weighted by atomic mass is 10.1. The Hall–Kier alpha value is -5.98. The zero-order valence-electron chi connectivity index (χ0n) is 41.3. The van der Waals surface area contributed by atoms with Gasteiger partial charge in [0.25, 0.3) is 0 Å². The van der Waals surface area contributed by atoms with Gasteiger partial charge in [-0.1, -0.05) is 60.7 Å². The van der Waals surface area contributed by atoms with Gasteiger partial charge in [-0.15, -0.1) is 26.3 Å². The molecule has 0 atom stereocenters. The number of amides is 2. The highest BCUT2D eigenvalue weighted by atomic mass is 32.2. The van der Waals surface area contributed by atoms with Crippen molar-refractivity contribution in [1.82, 2.24) is 19.4 Å². The van der Waals surface area contributed by atoms with E-state index >= 15 is 0 Å². The third-order valence-corrected chi connectivity index (χ3v) is 16.7. The van der Waals surface area contributed by atoms with E-state index in [1.165, 1.54) is 59.1 Å². The van der Waals surface area contributed by atoms with Gasteiger partial charge in [0, 0.05) is 45.5 Å². The minimum atomic E-state index is -4.76. The molecule has 0 bridgehead atoms. The standard InChI is InChI=1S/C25H29F3N2O6S.C14H19NO4S.C12H14F3NO2/c26-25(27,28)36-22-8-6-20(7-9-22)35-21-10-16-30(17-11-21)37(32,33)23-12-14-29(15-13-23)24(31)34-18-19-4-2-1-3-5-19;1-20(17,18)13-7-9-15(10-8-13)14(16)19-11-12-5-3-2-4-6-12;13-12(14,15)18-11-3-1-9(2-4-11)17-10-5-7-16-8-6-10/h1-9,21,23H,10-18H2;2-6,13H,7-11H2,1H3;1-4,10,16H,5-8H2. The lowest BCUT2D eigenvalue weighted by molar-refractivity contribution is -0.275. The number of hydrogen-bond acceptors (Lipinski definition) is 13. The lowest BCUT2D eigenvalue weighted by Gasteiger charge is -2.37. The van der Waals surface area contributed by atoms with Crippen LogP contribution in [0.4, 0.5) is 35.9 Å². The maximum atomic E-state index is 13.2. The van der Waals surface area contributed by atoms with Crippen LogP contribution in [0.1, 0.15) is 62.5 Å². The number of halogens is 6. The van der Waals surface area contributed by atoms with Crippen LogP contribution in [-0.2, 0) is 42.5 Å². The number of sulfonamides is 1. The molecular formula is C51H62F6N4O12S2. The maximum Gasteiger partial charge on any atom is 0.573 e. The highest BCUT2D eigenvalue weighted by molar-refractivity contribution is 7.91. The molecule has 1 N–H and O–H groups in total. The monoisotopic (exact) mass is 1100 g/mol. The van der Waals surface area contributed by atoms with Crippen LogP contribution in [0.5, 0.6) is 23.0 Å². The van der Waals surface area contributed by atoms with Gasteiger partial charge in [-0.2, -0.15) is 0 Å². The second-order valence-electron chi connectivity index (χ2n) is 18.1. The van der Waals surface area contributed by atoms with E-state index in [2.05, 4.69) is 14.8 Å². The summed E-state index contributed by atoms with van der Waals surface area (Å²) in [6, 6.07) is 29.4. The smallest absolute Gasteiger partial charge is 0.490 e. The van der Waals surface area contributed by atoms with E-state index in [4.69, 9.17) is 18.9 Å². The average molecular weight is 1100 g/mol. The molecule has 2 amide bonds. The number of likely N-dealkylation sites (tertiary alicyclic amines) is 2. The number of hydrogen-bond donors (Lipinski definition) is 1. The average Bonchev–Trinajstić information content (AvgIpc) is 3.39. The normalized spacial score (nSPS) is 17.8. The van der Waals surface area contributed by atoms with Crippen molar-refractivity contribution < 1.29 is 81.2 Å². The van der Waals surface area contributed by atoms with E-state index in [1.54, 1.807) is 9.80 Å². The van der Waals surface area contributed by atoms with Gasteiger partial charge in [0.05, 0.1) is 10.5 Å². The SMILES string of the molecule is CS(=O)(=O)C1CCN(C(=O)OCc2ccccc2)CC1.FC(F)(F)Oc1ccc(OC2CCNCC2)cc1.O=C(OCc1ccccc1)N1CCC(S(=O)(=O)N2CCC(Oc3ccc(OC(F)(F)F)cc3)CC2)CC1. The van der Waals surface area contributed by atoms with E-state index in [-0.39, 0.29) is 48.3 Å². The Balaban J connectivity index is 0.000000202. The van der Waals surface area contributed by atoms with Crippen molar-refractivity contribution in [3.05, 3.63) is 120 Å². The van der Waals surface area contributed by atoms with Gasteiger partial charge < -0.3 is 43.5 Å². The highest BCUT2D eigenvalue weighted by Crippen LogP contribution is 2.30. The number of ether oxygens (including phenoxy) is 6. The quantitative estimate of drug-likeness (QED) is 0.125. The number of carbonyl (C=O) groups excluding carboxylic acids is 2. The van der Waals surface area contributed by atoms with Crippen molar-refractivity contribution in [3.8, 4) is 23.0 Å². The number of piperidine rings is 4. The van der Waals surface area contributed by atoms with Crippen LogP contribution in [0.3, 0.4) is 0 Å². The van der Waals surface area contributed by atoms with Crippen molar-refractivity contribution in [2.75, 3.05) is 58.6 Å². The molecule has 8 rings (SSSR count). The van der Waals surface area contributed by atoms with Gasteiger partial charge in [0.1, 0.15) is 58.3 Å². The van der Waals surface area contributed by atoms with Gasteiger partial charge >= 0.3 is 24.9 Å². The van der Waals surface area contributed by atoms with E-state index in [0.717, 1.165) is 37.1 Å². The molecule has 0 unspecified atom stereocenters. The van der Waals surface area contributed by atoms with E-state index < -0.39 is 43.9 Å². The molecule has 4 fully saturated rings. The molecular weight excluding hydrogens is 1040 g/mol. The summed E-state index contributed by atoms with van der Waals surface area (Å²) in [6.07, 6.45) is -4.73. The Kier molecular flexibility index (Phi) is 21.1. The molecule has 0 saturated carbocycles. The molecule has 0 spiro atoms. The molecule has 4 aliphatic rings. The fraction of sp³-hybridized carbons (Fsp3) is 0.490. The first-order valence-corrected chi connectivity index (χ1v) is 27.9. The van der Waals surface area contributed by atoms with Crippen LogP contribution in [0.2, 0.25) is 0 Å². The summed E-state index contributed by atoms with van der Waals surface area (Å²) in [5, 5.41) is 2.31. The van der Waals surface area contributed by atoms with Crippen molar-refractivity contribution in [3.63, 3.8) is 0 Å². The van der Waals surface area contributed by atoms with Crippen molar-refractivity contribution in [2.45, 2.75) is 100 Å². The minimum absolute atomic E-state index is 0.126. The van der Waals surface area contributed by atoms with Crippen molar-refractivity contribution in [1.29, 1.82) is 0 Å². The van der Waals surface area contributed by atoms with Crippen molar-refractivity contribution in [2.24, 2.45) is 0 Å². The van der Waals surface area contributed by atoms with Crippen LogP contribution in [-0.4, -0.2) is 137 Å². The molecule has 4 aromatic carbocycles. The number of alkyl halides is 6. The minimum Gasteiger partial charge on any atom is -0.490 e. The summed E-state index contributed by atoms with van der Waals surface area (Å²) in [5.74, 6) is 0.384. The number of benzene rings is 4. The predicted molar refractivity (Wildman–Crippen MR) is 264 cm³/mol. The summed E-state index contributed by atoms with van der Waals surface area (Å²) >= 11 is 0. The number of sulfone groups is 1. The molecule has 4 aromatic rings. The Morgan fingerprint density at radius 2 is 0.867 bits per heavy atom.